The van der Waals surface area contributed by atoms with Crippen LogP contribution in [0.3, 0.4) is 0 Å². The molecule has 0 spiro atoms. The van der Waals surface area contributed by atoms with E-state index in [1.807, 2.05) is 32.9 Å². The number of benzene rings is 1. The quantitative estimate of drug-likeness (QED) is 0.829. The van der Waals surface area contributed by atoms with Crippen LogP contribution in [0, 0.1) is 13.8 Å². The number of nitrogens with two attached hydrogens (primary N) is 1. The molecule has 3 heteroatoms. The van der Waals surface area contributed by atoms with E-state index in [4.69, 9.17) is 5.73 Å². The lowest BCUT2D eigenvalue weighted by molar-refractivity contribution is 0.732. The molecule has 0 radical (unpaired) electrons. The topological polar surface area (TPSA) is 58.9 Å². The summed E-state index contributed by atoms with van der Waals surface area (Å²) in [5.74, 6) is 0. The van der Waals surface area contributed by atoms with Crippen molar-refractivity contribution in [2.75, 3.05) is 0 Å². The lowest BCUT2D eigenvalue weighted by atomic mass is 10.0. The van der Waals surface area contributed by atoms with Gasteiger partial charge in [0.15, 0.2) is 0 Å². The first-order chi connectivity index (χ1) is 7.99. The lowest BCUT2D eigenvalue weighted by Gasteiger charge is -2.09. The van der Waals surface area contributed by atoms with E-state index in [-0.39, 0.29) is 11.6 Å². The molecule has 0 bridgehead atoms. The van der Waals surface area contributed by atoms with Gasteiger partial charge in [-0.2, -0.15) is 0 Å². The zero-order valence-electron chi connectivity index (χ0n) is 10.5. The first kappa shape index (κ1) is 11.9. The van der Waals surface area contributed by atoms with Crippen molar-refractivity contribution in [1.82, 2.24) is 4.98 Å². The second kappa shape index (κ2) is 4.34. The average molecular weight is 230 g/mol. The maximum atomic E-state index is 11.9. The Bertz CT molecular complexity index is 611. The molecular weight excluding hydrogens is 212 g/mol. The third kappa shape index (κ3) is 2.24. The van der Waals surface area contributed by atoms with Gasteiger partial charge >= 0.3 is 0 Å². The molecule has 0 saturated heterocycles. The van der Waals surface area contributed by atoms with Gasteiger partial charge in [0.1, 0.15) is 0 Å². The molecule has 0 amide bonds. The monoisotopic (exact) mass is 230 g/mol. The van der Waals surface area contributed by atoms with Crippen LogP contribution in [0.5, 0.6) is 0 Å². The van der Waals surface area contributed by atoms with Gasteiger partial charge in [0.05, 0.1) is 5.52 Å². The van der Waals surface area contributed by atoms with Crippen molar-refractivity contribution in [3.05, 3.63) is 45.2 Å². The van der Waals surface area contributed by atoms with Gasteiger partial charge in [0, 0.05) is 11.6 Å². The molecule has 90 valence electrons. The summed E-state index contributed by atoms with van der Waals surface area (Å²) in [6.07, 6.45) is 0.609. The normalized spacial score (nSPS) is 12.9. The Morgan fingerprint density at radius 3 is 2.71 bits per heavy atom. The Labute approximate surface area is 101 Å². The van der Waals surface area contributed by atoms with Crippen LogP contribution in [0.1, 0.15) is 23.6 Å². The summed E-state index contributed by atoms with van der Waals surface area (Å²) in [5, 5.41) is 1.07. The van der Waals surface area contributed by atoms with Crippen LogP contribution in [0.25, 0.3) is 10.9 Å². The first-order valence-corrected chi connectivity index (χ1v) is 5.86. The Balaban J connectivity index is 2.67. The Kier molecular flexibility index (Phi) is 3.03. The van der Waals surface area contributed by atoms with Gasteiger partial charge in [-0.15, -0.1) is 0 Å². The molecule has 0 fully saturated rings. The first-order valence-electron chi connectivity index (χ1n) is 5.86. The van der Waals surface area contributed by atoms with E-state index in [2.05, 4.69) is 11.1 Å². The molecule has 1 atom stereocenters. The second-order valence-electron chi connectivity index (χ2n) is 4.78. The molecule has 3 N–H and O–H groups in total. The largest absolute Gasteiger partial charge is 0.328 e. The van der Waals surface area contributed by atoms with Crippen LogP contribution < -0.4 is 11.3 Å². The maximum absolute atomic E-state index is 11.9. The van der Waals surface area contributed by atoms with E-state index in [9.17, 15) is 4.79 Å². The van der Waals surface area contributed by atoms with Gasteiger partial charge in [-0.1, -0.05) is 12.1 Å². The van der Waals surface area contributed by atoms with Gasteiger partial charge in [-0.25, -0.2) is 0 Å². The summed E-state index contributed by atoms with van der Waals surface area (Å²) in [4.78, 5) is 14.9. The molecule has 17 heavy (non-hydrogen) atoms. The van der Waals surface area contributed by atoms with Gasteiger partial charge < -0.3 is 10.7 Å². The van der Waals surface area contributed by atoms with E-state index < -0.39 is 0 Å². The van der Waals surface area contributed by atoms with E-state index in [1.54, 1.807) is 0 Å². The molecule has 1 heterocycles. The molecule has 0 aliphatic carbocycles. The highest BCUT2D eigenvalue weighted by Gasteiger charge is 2.07. The number of hydrogen-bond acceptors (Lipinski definition) is 2. The highest BCUT2D eigenvalue weighted by atomic mass is 16.1. The number of pyridine rings is 1. The minimum Gasteiger partial charge on any atom is -0.328 e. The van der Waals surface area contributed by atoms with E-state index in [0.717, 1.165) is 22.0 Å². The highest BCUT2D eigenvalue weighted by Crippen LogP contribution is 2.19. The van der Waals surface area contributed by atoms with Crippen molar-refractivity contribution in [2.45, 2.75) is 33.2 Å². The Morgan fingerprint density at radius 1 is 1.35 bits per heavy atom. The van der Waals surface area contributed by atoms with Crippen molar-refractivity contribution >= 4 is 10.9 Å². The standard InChI is InChI=1S/C14H18N2O/c1-8-4-5-11-7-12(6-9(2)15)14(17)16-13(11)10(8)3/h4-5,7,9H,6,15H2,1-3H3,(H,16,17). The molecule has 0 saturated carbocycles. The fourth-order valence-corrected chi connectivity index (χ4v) is 2.07. The molecule has 1 unspecified atom stereocenters. The van der Waals surface area contributed by atoms with Crippen molar-refractivity contribution in [2.24, 2.45) is 5.73 Å². The SMILES string of the molecule is Cc1ccc2cc(CC(C)N)c(=O)[nH]c2c1C. The fraction of sp³-hybridized carbons (Fsp3) is 0.357. The zero-order valence-corrected chi connectivity index (χ0v) is 10.5. The van der Waals surface area contributed by atoms with Crippen molar-refractivity contribution in [3.8, 4) is 0 Å². The van der Waals surface area contributed by atoms with Crippen LogP contribution in [-0.4, -0.2) is 11.0 Å². The predicted molar refractivity (Wildman–Crippen MR) is 71.4 cm³/mol. The van der Waals surface area contributed by atoms with Crippen LogP contribution in [0.2, 0.25) is 0 Å². The second-order valence-corrected chi connectivity index (χ2v) is 4.78. The minimum atomic E-state index is -0.0245. The Hall–Kier alpha value is -1.61. The number of fused-ring (bicyclic) bond motifs is 1. The Morgan fingerprint density at radius 2 is 2.06 bits per heavy atom. The number of nitrogens with one attached hydrogen (secondary N) is 1. The molecular formula is C14H18N2O. The van der Waals surface area contributed by atoms with Crippen LogP contribution in [0.15, 0.2) is 23.0 Å². The number of rotatable bonds is 2. The molecule has 3 nitrogen and oxygen atoms in total. The number of aromatic amines is 1. The molecule has 1 aromatic heterocycles. The summed E-state index contributed by atoms with van der Waals surface area (Å²) in [6, 6.07) is 6.06. The highest BCUT2D eigenvalue weighted by molar-refractivity contribution is 5.83. The smallest absolute Gasteiger partial charge is 0.251 e. The van der Waals surface area contributed by atoms with Crippen LogP contribution >= 0.6 is 0 Å². The number of hydrogen-bond donors (Lipinski definition) is 2. The van der Waals surface area contributed by atoms with E-state index in [1.165, 1.54) is 5.56 Å². The molecule has 2 aromatic rings. The zero-order chi connectivity index (χ0) is 12.6. The summed E-state index contributed by atoms with van der Waals surface area (Å²) in [5.41, 5.74) is 9.73. The van der Waals surface area contributed by atoms with Crippen molar-refractivity contribution < 1.29 is 0 Å². The summed E-state index contributed by atoms with van der Waals surface area (Å²) >= 11 is 0. The van der Waals surface area contributed by atoms with Crippen molar-refractivity contribution in [3.63, 3.8) is 0 Å². The maximum Gasteiger partial charge on any atom is 0.251 e. The summed E-state index contributed by atoms with van der Waals surface area (Å²) < 4.78 is 0. The van der Waals surface area contributed by atoms with Gasteiger partial charge in [-0.05, 0) is 49.8 Å². The number of H-pyrrole nitrogens is 1. The molecule has 1 aromatic carbocycles. The van der Waals surface area contributed by atoms with E-state index >= 15 is 0 Å². The van der Waals surface area contributed by atoms with Gasteiger partial charge in [0.25, 0.3) is 5.56 Å². The third-order valence-corrected chi connectivity index (χ3v) is 3.17. The van der Waals surface area contributed by atoms with Crippen molar-refractivity contribution in [1.29, 1.82) is 0 Å². The van der Waals surface area contributed by atoms with Gasteiger partial charge in [0.2, 0.25) is 0 Å². The van der Waals surface area contributed by atoms with E-state index in [0.29, 0.717) is 6.42 Å². The molecule has 0 aliphatic heterocycles. The molecule has 0 aliphatic rings. The lowest BCUT2D eigenvalue weighted by Crippen LogP contribution is -2.23. The minimum absolute atomic E-state index is 0.0000882. The third-order valence-electron chi connectivity index (χ3n) is 3.17. The number of aromatic nitrogens is 1. The van der Waals surface area contributed by atoms with Crippen LogP contribution in [0.4, 0.5) is 0 Å². The predicted octanol–water partition coefficient (Wildman–Crippen LogP) is 2.03. The summed E-state index contributed by atoms with van der Waals surface area (Å²) in [6.45, 7) is 5.98. The summed E-state index contributed by atoms with van der Waals surface area (Å²) in [7, 11) is 0. The molecule has 2 rings (SSSR count). The van der Waals surface area contributed by atoms with Crippen LogP contribution in [-0.2, 0) is 6.42 Å². The van der Waals surface area contributed by atoms with Gasteiger partial charge in [-0.3, -0.25) is 4.79 Å². The average Bonchev–Trinajstić information content (AvgIpc) is 2.25. The fourth-order valence-electron chi connectivity index (χ4n) is 2.07. The number of aryl methyl sites for hydroxylation is 2.